The molecule has 1 aromatic carbocycles. The van der Waals surface area contributed by atoms with E-state index in [4.69, 9.17) is 44.5 Å². The molecule has 2 rings (SSSR count). The number of aromatic nitrogens is 1. The Morgan fingerprint density at radius 2 is 2.11 bits per heavy atom. The average molecular weight is 442 g/mol. The highest BCUT2D eigenvalue weighted by molar-refractivity contribution is 8.27. The molecule has 0 saturated carbocycles. The molecule has 0 fully saturated rings. The number of benzene rings is 1. The number of nitrogens with zero attached hydrogens (tertiary/aromatic N) is 2. The Morgan fingerprint density at radius 1 is 1.36 bits per heavy atom. The summed E-state index contributed by atoms with van der Waals surface area (Å²) >= 11 is 6.57. The van der Waals surface area contributed by atoms with Gasteiger partial charge in [0, 0.05) is 39.7 Å². The Labute approximate surface area is 174 Å². The summed E-state index contributed by atoms with van der Waals surface area (Å²) in [5, 5.41) is 19.0. The van der Waals surface area contributed by atoms with Crippen LogP contribution in [0.4, 0.5) is 5.82 Å². The molecule has 1 heterocycles. The van der Waals surface area contributed by atoms with Gasteiger partial charge in [0.2, 0.25) is 0 Å². The lowest BCUT2D eigenvalue weighted by Gasteiger charge is -2.19. The molecule has 0 aliphatic rings. The van der Waals surface area contributed by atoms with Crippen molar-refractivity contribution >= 4 is 44.4 Å². The van der Waals surface area contributed by atoms with Gasteiger partial charge < -0.3 is 22.3 Å². The van der Waals surface area contributed by atoms with Gasteiger partial charge in [-0.3, -0.25) is 9.86 Å². The highest BCUT2D eigenvalue weighted by atomic mass is 32.8. The van der Waals surface area contributed by atoms with Gasteiger partial charge in [0.05, 0.1) is 6.61 Å². The van der Waals surface area contributed by atoms with Crippen LogP contribution in [0.25, 0.3) is 11.1 Å². The molecule has 0 aliphatic carbocycles. The fourth-order valence-corrected chi connectivity index (χ4v) is 5.01. The number of amidine groups is 1. The van der Waals surface area contributed by atoms with Gasteiger partial charge in [-0.2, -0.15) is 0 Å². The molecular weight excluding hydrogens is 418 g/mol. The minimum Gasteiger partial charge on any atom is -0.395 e. The molecule has 13 heteroatoms. The second kappa shape index (κ2) is 10.6. The minimum atomic E-state index is -0.823. The van der Waals surface area contributed by atoms with E-state index in [1.807, 2.05) is 18.2 Å². The number of aliphatic hydroxyl groups is 1. The van der Waals surface area contributed by atoms with Gasteiger partial charge in [0.25, 0.3) is 0 Å². The minimum absolute atomic E-state index is 0.142. The number of nitrogen functional groups attached to an aromatic ring is 1. The fourth-order valence-electron chi connectivity index (χ4n) is 2.34. The number of pyridine rings is 1. The maximum Gasteiger partial charge on any atom is 0.153 e. The predicted octanol–water partition coefficient (Wildman–Crippen LogP) is -1.36. The van der Waals surface area contributed by atoms with Crippen LogP contribution in [0.2, 0.25) is 0 Å². The van der Waals surface area contributed by atoms with Gasteiger partial charge in [-0.15, -0.1) is 5.10 Å². The van der Waals surface area contributed by atoms with Gasteiger partial charge >= 0.3 is 0 Å². The second-order valence-corrected chi connectivity index (χ2v) is 8.50. The van der Waals surface area contributed by atoms with E-state index in [2.05, 4.69) is 20.3 Å². The number of hydrogen-bond acceptors (Lipinski definition) is 10. The maximum absolute atomic E-state index is 9.09. The van der Waals surface area contributed by atoms with Crippen LogP contribution in [-0.2, 0) is 20.8 Å². The van der Waals surface area contributed by atoms with Crippen molar-refractivity contribution in [1.82, 2.24) is 15.2 Å². The first kappa shape index (κ1) is 22.4. The summed E-state index contributed by atoms with van der Waals surface area (Å²) in [5.74, 6) is 5.85. The van der Waals surface area contributed by atoms with Crippen molar-refractivity contribution in [2.45, 2.75) is 15.8 Å². The Balaban J connectivity index is 2.58. The molecule has 10 nitrogen and oxygen atoms in total. The van der Waals surface area contributed by atoms with Crippen LogP contribution >= 0.6 is 11.9 Å². The van der Waals surface area contributed by atoms with Crippen LogP contribution in [0, 0.1) is 0 Å². The smallest absolute Gasteiger partial charge is 0.153 e. The summed E-state index contributed by atoms with van der Waals surface area (Å²) in [7, 11) is -0.823. The fraction of sp³-hybridized carbons (Fsp3) is 0.200. The summed E-state index contributed by atoms with van der Waals surface area (Å²) in [6.07, 6.45) is 1.63. The van der Waals surface area contributed by atoms with E-state index in [0.29, 0.717) is 22.8 Å². The van der Waals surface area contributed by atoms with E-state index in [0.717, 1.165) is 28.0 Å². The predicted molar refractivity (Wildman–Crippen MR) is 118 cm³/mol. The molecule has 28 heavy (non-hydrogen) atoms. The highest BCUT2D eigenvalue weighted by Crippen LogP contribution is 2.34. The topological polar surface area (TPSA) is 200 Å². The number of hydrazine groups is 1. The van der Waals surface area contributed by atoms with Crippen LogP contribution in [0.15, 0.2) is 45.4 Å². The van der Waals surface area contributed by atoms with Crippen LogP contribution in [0.5, 0.6) is 0 Å². The van der Waals surface area contributed by atoms with E-state index >= 15 is 0 Å². The van der Waals surface area contributed by atoms with Gasteiger partial charge in [-0.05, 0) is 56.5 Å². The number of nitrogens with two attached hydrogens (primary N) is 5. The van der Waals surface area contributed by atoms with Crippen molar-refractivity contribution in [2.75, 3.05) is 18.9 Å². The van der Waals surface area contributed by atoms with Gasteiger partial charge in [-0.25, -0.2) is 16.4 Å². The van der Waals surface area contributed by atoms with Gasteiger partial charge in [0.1, 0.15) is 5.82 Å². The third-order valence-electron chi connectivity index (χ3n) is 3.69. The first-order chi connectivity index (χ1) is 13.4. The Morgan fingerprint density at radius 3 is 2.68 bits per heavy atom. The Hall–Kier alpha value is -1.84. The highest BCUT2D eigenvalue weighted by Gasteiger charge is 2.20. The van der Waals surface area contributed by atoms with E-state index in [-0.39, 0.29) is 12.4 Å². The monoisotopic (exact) mass is 441 g/mol. The molecular formula is C15H23N9OS3. The van der Waals surface area contributed by atoms with Crippen LogP contribution < -0.4 is 38.4 Å². The molecule has 1 aromatic heterocycles. The number of anilines is 1. The SMILES string of the molecule is NN/N=C(\N)c1c(-c2ccc(N)nc2)ccc(S(=S)NC[C@H](N)CO)c1SN. The molecule has 13 N–H and O–H groups in total. The van der Waals surface area contributed by atoms with E-state index in [9.17, 15) is 0 Å². The van der Waals surface area contributed by atoms with Crippen LogP contribution in [0.3, 0.4) is 0 Å². The Bertz CT molecular complexity index is 861. The van der Waals surface area contributed by atoms with Crippen LogP contribution in [0.1, 0.15) is 5.56 Å². The molecule has 152 valence electrons. The Kier molecular flexibility index (Phi) is 8.53. The summed E-state index contributed by atoms with van der Waals surface area (Å²) in [6.45, 7) is 0.207. The lowest BCUT2D eigenvalue weighted by Crippen LogP contribution is -2.37. The average Bonchev–Trinajstić information content (AvgIpc) is 2.71. The molecule has 0 bridgehead atoms. The number of rotatable bonds is 9. The van der Waals surface area contributed by atoms with Crippen molar-refractivity contribution in [3.8, 4) is 11.1 Å². The molecule has 0 aliphatic heterocycles. The molecule has 0 spiro atoms. The van der Waals surface area contributed by atoms with Crippen molar-refractivity contribution < 1.29 is 5.11 Å². The van der Waals surface area contributed by atoms with E-state index < -0.39 is 15.7 Å². The summed E-state index contributed by atoms with van der Waals surface area (Å²) in [6, 6.07) is 6.81. The van der Waals surface area contributed by atoms with E-state index in [1.165, 1.54) is 0 Å². The number of nitrogens with one attached hydrogen (secondary N) is 2. The number of aliphatic hydroxyl groups excluding tert-OH is 1. The number of hydrazone groups is 1. The van der Waals surface area contributed by atoms with Crippen LogP contribution in [-0.4, -0.2) is 35.1 Å². The van der Waals surface area contributed by atoms with Gasteiger partial charge in [0.15, 0.2) is 5.84 Å². The normalized spacial score (nSPS) is 13.9. The van der Waals surface area contributed by atoms with Gasteiger partial charge in [-0.1, -0.05) is 6.07 Å². The third-order valence-corrected chi connectivity index (χ3v) is 6.54. The lowest BCUT2D eigenvalue weighted by molar-refractivity contribution is 0.267. The zero-order chi connectivity index (χ0) is 20.7. The summed E-state index contributed by atoms with van der Waals surface area (Å²) in [5.41, 5.74) is 21.9. The first-order valence-electron chi connectivity index (χ1n) is 7.99. The summed E-state index contributed by atoms with van der Waals surface area (Å²) in [4.78, 5) is 5.53. The second-order valence-electron chi connectivity index (χ2n) is 5.59. The maximum atomic E-state index is 9.09. The largest absolute Gasteiger partial charge is 0.395 e. The first-order valence-corrected chi connectivity index (χ1v) is 11.0. The standard InChI is InChI=1S/C15H23N9OS3/c16-9(7-25)6-22-28(26)11-3-2-10(8-1-4-12(17)21-5-8)13(14(11)27-20)15(18)23-24-19/h1-5,9,22,24-25H,6-7,16,19-20H2,(H2,17,21)(H2,18,23)/t9-,28?/m0/s1. The molecule has 2 atom stereocenters. The summed E-state index contributed by atoms with van der Waals surface area (Å²) < 4.78 is 3.13. The van der Waals surface area contributed by atoms with Crippen molar-refractivity contribution in [2.24, 2.45) is 27.6 Å². The zero-order valence-corrected chi connectivity index (χ0v) is 17.3. The zero-order valence-electron chi connectivity index (χ0n) is 14.8. The van der Waals surface area contributed by atoms with Crippen molar-refractivity contribution in [1.29, 1.82) is 0 Å². The molecule has 1 unspecified atom stereocenters. The van der Waals surface area contributed by atoms with Crippen molar-refractivity contribution in [3.63, 3.8) is 0 Å². The third kappa shape index (κ3) is 5.36. The quantitative estimate of drug-likeness (QED) is 0.0751. The van der Waals surface area contributed by atoms with E-state index in [1.54, 1.807) is 12.3 Å². The lowest BCUT2D eigenvalue weighted by atomic mass is 10.0. The number of hydrogen-bond donors (Lipinski definition) is 8. The molecule has 0 radical (unpaired) electrons. The molecule has 0 saturated heterocycles. The molecule has 2 aromatic rings. The molecule has 0 amide bonds. The van der Waals surface area contributed by atoms with Crippen molar-refractivity contribution in [3.05, 3.63) is 36.0 Å².